The van der Waals surface area contributed by atoms with E-state index in [-0.39, 0.29) is 0 Å². The van der Waals surface area contributed by atoms with Crippen LogP contribution in [0.5, 0.6) is 0 Å². The number of aryl methyl sites for hydroxylation is 2. The van der Waals surface area contributed by atoms with E-state index >= 15 is 0 Å². The predicted molar refractivity (Wildman–Crippen MR) is 82.9 cm³/mol. The van der Waals surface area contributed by atoms with Gasteiger partial charge in [0.05, 0.1) is 5.69 Å². The summed E-state index contributed by atoms with van der Waals surface area (Å²) >= 11 is 1.69. The molecule has 2 fully saturated rings. The molecule has 1 spiro atoms. The minimum atomic E-state index is -0.910. The number of nitrogens with zero attached hydrogens (tertiary/aromatic N) is 2. The summed E-state index contributed by atoms with van der Waals surface area (Å²) in [6.45, 7) is 3.60. The molecule has 1 aromatic rings. The highest BCUT2D eigenvalue weighted by Gasteiger charge is 2.47. The Bertz CT molecular complexity index is 568. The van der Waals surface area contributed by atoms with Gasteiger partial charge < -0.3 is 5.11 Å². The van der Waals surface area contributed by atoms with Gasteiger partial charge in [0.25, 0.3) is 0 Å². The lowest BCUT2D eigenvalue weighted by Crippen LogP contribution is -2.44. The van der Waals surface area contributed by atoms with Gasteiger partial charge in [-0.3, -0.25) is 0 Å². The fraction of sp³-hybridized carbons (Fsp3) is 0.688. The second kappa shape index (κ2) is 5.59. The van der Waals surface area contributed by atoms with Gasteiger partial charge in [-0.1, -0.05) is 19.3 Å². The van der Waals surface area contributed by atoms with Gasteiger partial charge >= 0.3 is 5.97 Å². The lowest BCUT2D eigenvalue weighted by molar-refractivity contribution is 0.0689. The number of hydrogen-bond donors (Lipinski definition) is 1. The number of rotatable bonds is 3. The maximum Gasteiger partial charge on any atom is 0.340 e. The van der Waals surface area contributed by atoms with E-state index in [1.807, 2.05) is 6.92 Å². The van der Waals surface area contributed by atoms with Crippen molar-refractivity contribution in [2.45, 2.75) is 69.1 Å². The Balaban J connectivity index is 1.86. The molecule has 1 atom stereocenters. The van der Waals surface area contributed by atoms with Crippen LogP contribution in [0.3, 0.4) is 0 Å². The molecule has 2 saturated carbocycles. The molecule has 2 aliphatic rings. The first kappa shape index (κ1) is 14.8. The van der Waals surface area contributed by atoms with Crippen molar-refractivity contribution in [1.29, 1.82) is 0 Å². The molecular weight excluding hydrogens is 284 g/mol. The standard InChI is InChI=1S/C16H22N2O2S/c1-10-13(15(19)20)14(18-11(2)17-10)21-12-6-9-16(12)7-4-3-5-8-16/h12H,3-9H2,1-2H3,(H,19,20). The zero-order valence-electron chi connectivity index (χ0n) is 12.7. The Hall–Kier alpha value is -1.10. The van der Waals surface area contributed by atoms with Crippen LogP contribution in [-0.4, -0.2) is 26.3 Å². The molecule has 0 radical (unpaired) electrons. The Kier molecular flexibility index (Phi) is 3.95. The SMILES string of the molecule is Cc1nc(C)c(C(=O)O)c(SC2CCC23CCCCC3)n1. The molecule has 0 aromatic carbocycles. The van der Waals surface area contributed by atoms with Gasteiger partial charge in [0.15, 0.2) is 0 Å². The maximum absolute atomic E-state index is 11.5. The van der Waals surface area contributed by atoms with Gasteiger partial charge in [0, 0.05) is 5.25 Å². The highest BCUT2D eigenvalue weighted by molar-refractivity contribution is 8.00. The van der Waals surface area contributed by atoms with Crippen molar-refractivity contribution >= 4 is 17.7 Å². The van der Waals surface area contributed by atoms with Crippen LogP contribution in [0, 0.1) is 19.3 Å². The molecule has 3 rings (SSSR count). The van der Waals surface area contributed by atoms with E-state index in [1.54, 1.807) is 18.7 Å². The third kappa shape index (κ3) is 2.68. The fourth-order valence-electron chi connectivity index (χ4n) is 3.83. The Morgan fingerprint density at radius 3 is 2.48 bits per heavy atom. The first-order chi connectivity index (χ1) is 10.0. The van der Waals surface area contributed by atoms with E-state index in [2.05, 4.69) is 9.97 Å². The highest BCUT2D eigenvalue weighted by Crippen LogP contribution is 2.58. The lowest BCUT2D eigenvalue weighted by Gasteiger charge is -2.51. The number of carbonyl (C=O) groups is 1. The van der Waals surface area contributed by atoms with Gasteiger partial charge in [0.1, 0.15) is 16.4 Å². The second-order valence-electron chi connectivity index (χ2n) is 6.41. The Morgan fingerprint density at radius 2 is 1.90 bits per heavy atom. The van der Waals surface area contributed by atoms with Crippen molar-refractivity contribution in [3.63, 3.8) is 0 Å². The van der Waals surface area contributed by atoms with Crippen molar-refractivity contribution < 1.29 is 9.90 Å². The Morgan fingerprint density at radius 1 is 1.19 bits per heavy atom. The van der Waals surface area contributed by atoms with Crippen molar-refractivity contribution in [2.75, 3.05) is 0 Å². The van der Waals surface area contributed by atoms with Gasteiger partial charge in [-0.25, -0.2) is 14.8 Å². The summed E-state index contributed by atoms with van der Waals surface area (Å²) in [5.74, 6) is -0.246. The average molecular weight is 306 g/mol. The summed E-state index contributed by atoms with van der Waals surface area (Å²) in [7, 11) is 0. The first-order valence-corrected chi connectivity index (χ1v) is 8.65. The van der Waals surface area contributed by atoms with E-state index in [4.69, 9.17) is 0 Å². The molecular formula is C16H22N2O2S. The topological polar surface area (TPSA) is 63.1 Å². The van der Waals surface area contributed by atoms with Gasteiger partial charge in [-0.05, 0) is 44.9 Å². The summed E-state index contributed by atoms with van der Waals surface area (Å²) in [5, 5.41) is 10.7. The lowest BCUT2D eigenvalue weighted by atomic mass is 9.60. The molecule has 21 heavy (non-hydrogen) atoms. The molecule has 1 heterocycles. The number of aromatic carboxylic acids is 1. The molecule has 1 N–H and O–H groups in total. The van der Waals surface area contributed by atoms with Crippen LogP contribution in [0.15, 0.2) is 5.03 Å². The number of aromatic nitrogens is 2. The first-order valence-electron chi connectivity index (χ1n) is 7.77. The van der Waals surface area contributed by atoms with E-state index < -0.39 is 5.97 Å². The fourth-order valence-corrected chi connectivity index (χ4v) is 5.48. The quantitative estimate of drug-likeness (QED) is 0.855. The van der Waals surface area contributed by atoms with Crippen molar-refractivity contribution in [1.82, 2.24) is 9.97 Å². The van der Waals surface area contributed by atoms with Crippen LogP contribution in [0.1, 0.15) is 66.8 Å². The third-order valence-electron chi connectivity index (χ3n) is 5.07. The zero-order valence-corrected chi connectivity index (χ0v) is 13.5. The van der Waals surface area contributed by atoms with Crippen molar-refractivity contribution in [2.24, 2.45) is 5.41 Å². The minimum absolute atomic E-state index is 0.295. The molecule has 1 aromatic heterocycles. The number of hydrogen-bond acceptors (Lipinski definition) is 4. The zero-order chi connectivity index (χ0) is 15.0. The van der Waals surface area contributed by atoms with E-state index in [0.717, 1.165) is 0 Å². The molecule has 0 bridgehead atoms. The van der Waals surface area contributed by atoms with Crippen LogP contribution in [-0.2, 0) is 0 Å². The molecule has 2 aliphatic carbocycles. The smallest absolute Gasteiger partial charge is 0.340 e. The van der Waals surface area contributed by atoms with Crippen molar-refractivity contribution in [3.05, 3.63) is 17.1 Å². The monoisotopic (exact) mass is 306 g/mol. The molecule has 114 valence electrons. The van der Waals surface area contributed by atoms with E-state index in [0.29, 0.717) is 32.8 Å². The molecule has 0 saturated heterocycles. The maximum atomic E-state index is 11.5. The summed E-state index contributed by atoms with van der Waals surface area (Å²) in [4.78, 5) is 20.1. The number of carboxylic acid groups (broad SMARTS) is 1. The normalized spacial score (nSPS) is 23.8. The molecule has 0 amide bonds. The van der Waals surface area contributed by atoms with E-state index in [1.165, 1.54) is 44.9 Å². The molecule has 1 unspecified atom stereocenters. The molecule has 4 nitrogen and oxygen atoms in total. The summed E-state index contributed by atoms with van der Waals surface area (Å²) in [6.07, 6.45) is 9.09. The van der Waals surface area contributed by atoms with Gasteiger partial charge in [0.2, 0.25) is 0 Å². The van der Waals surface area contributed by atoms with Crippen LogP contribution in [0.25, 0.3) is 0 Å². The minimum Gasteiger partial charge on any atom is -0.478 e. The largest absolute Gasteiger partial charge is 0.478 e. The van der Waals surface area contributed by atoms with Crippen LogP contribution < -0.4 is 0 Å². The summed E-state index contributed by atoms with van der Waals surface area (Å²) < 4.78 is 0. The average Bonchev–Trinajstić information content (AvgIpc) is 2.43. The number of carboxylic acids is 1. The van der Waals surface area contributed by atoms with E-state index in [9.17, 15) is 9.90 Å². The van der Waals surface area contributed by atoms with Crippen LogP contribution in [0.4, 0.5) is 0 Å². The van der Waals surface area contributed by atoms with Crippen LogP contribution in [0.2, 0.25) is 0 Å². The third-order valence-corrected chi connectivity index (χ3v) is 6.61. The van der Waals surface area contributed by atoms with Crippen LogP contribution >= 0.6 is 11.8 Å². The second-order valence-corrected chi connectivity index (χ2v) is 7.60. The molecule has 5 heteroatoms. The number of thioether (sulfide) groups is 1. The highest BCUT2D eigenvalue weighted by atomic mass is 32.2. The van der Waals surface area contributed by atoms with Crippen molar-refractivity contribution in [3.8, 4) is 0 Å². The molecule has 0 aliphatic heterocycles. The summed E-state index contributed by atoms with van der Waals surface area (Å²) in [5.41, 5.74) is 1.32. The van der Waals surface area contributed by atoms with Gasteiger partial charge in [-0.15, -0.1) is 11.8 Å². The predicted octanol–water partition coefficient (Wildman–Crippen LogP) is 4.00. The van der Waals surface area contributed by atoms with Gasteiger partial charge in [-0.2, -0.15) is 0 Å². The Labute approximate surface area is 129 Å². The summed E-state index contributed by atoms with van der Waals surface area (Å²) in [6, 6.07) is 0.